The Morgan fingerprint density at radius 3 is 2.52 bits per heavy atom. The van der Waals surface area contributed by atoms with E-state index in [9.17, 15) is 14.4 Å². The molecule has 142 valence electrons. The summed E-state index contributed by atoms with van der Waals surface area (Å²) in [6, 6.07) is 9.44. The van der Waals surface area contributed by atoms with Crippen molar-refractivity contribution in [3.8, 4) is 0 Å². The van der Waals surface area contributed by atoms with Crippen molar-refractivity contribution in [1.82, 2.24) is 25.0 Å². The van der Waals surface area contributed by atoms with Gasteiger partial charge in [0, 0.05) is 25.4 Å². The highest BCUT2D eigenvalue weighted by Gasteiger charge is 2.34. The van der Waals surface area contributed by atoms with E-state index in [0.29, 0.717) is 32.5 Å². The van der Waals surface area contributed by atoms with E-state index in [1.165, 1.54) is 0 Å². The molecule has 1 atom stereocenters. The third kappa shape index (κ3) is 3.65. The van der Waals surface area contributed by atoms with Gasteiger partial charge < -0.3 is 10.2 Å². The minimum atomic E-state index is -0.379. The highest BCUT2D eigenvalue weighted by Crippen LogP contribution is 2.27. The Morgan fingerprint density at radius 2 is 1.85 bits per heavy atom. The number of nitrogens with one attached hydrogen (secondary N) is 2. The van der Waals surface area contributed by atoms with Crippen LogP contribution in [-0.2, 0) is 16.1 Å². The Morgan fingerprint density at radius 1 is 1.11 bits per heavy atom. The Kier molecular flexibility index (Phi) is 4.79. The van der Waals surface area contributed by atoms with Gasteiger partial charge in [0.2, 0.25) is 11.8 Å². The zero-order chi connectivity index (χ0) is 18.8. The van der Waals surface area contributed by atoms with Crippen molar-refractivity contribution in [2.45, 2.75) is 44.2 Å². The maximum atomic E-state index is 12.5. The number of hydrogen-bond acceptors (Lipinski definition) is 4. The van der Waals surface area contributed by atoms with Gasteiger partial charge in [-0.05, 0) is 24.8 Å². The first kappa shape index (κ1) is 17.5. The van der Waals surface area contributed by atoms with Crippen molar-refractivity contribution in [2.75, 3.05) is 13.1 Å². The van der Waals surface area contributed by atoms with Crippen molar-refractivity contribution >= 4 is 11.8 Å². The van der Waals surface area contributed by atoms with Gasteiger partial charge in [0.05, 0.1) is 6.54 Å². The summed E-state index contributed by atoms with van der Waals surface area (Å²) in [5.74, 6) is 0.840. The maximum absolute atomic E-state index is 12.5. The number of H-pyrrole nitrogens is 1. The molecule has 0 spiro atoms. The van der Waals surface area contributed by atoms with Gasteiger partial charge in [-0.25, -0.2) is 9.89 Å². The van der Waals surface area contributed by atoms with Gasteiger partial charge in [0.15, 0.2) is 0 Å². The summed E-state index contributed by atoms with van der Waals surface area (Å²) in [6.07, 6.45) is 2.51. The molecule has 2 amide bonds. The average Bonchev–Trinajstić information content (AvgIpc) is 3.29. The Bertz CT molecular complexity index is 880. The minimum absolute atomic E-state index is 0.00278. The van der Waals surface area contributed by atoms with Crippen LogP contribution in [0.1, 0.15) is 43.0 Å². The van der Waals surface area contributed by atoms with Crippen LogP contribution in [0.5, 0.6) is 0 Å². The number of aromatic nitrogens is 3. The topological polar surface area (TPSA) is 100 Å². The second-order valence-corrected chi connectivity index (χ2v) is 7.22. The SMILES string of the molecule is O=C1CC[C@H](C(=O)N2CCC(c3n[nH]c(=O)n3Cc3ccccc3)CC2)N1. The molecule has 0 unspecified atom stereocenters. The third-order valence-corrected chi connectivity index (χ3v) is 5.44. The quantitative estimate of drug-likeness (QED) is 0.824. The number of aromatic amines is 1. The fourth-order valence-corrected chi connectivity index (χ4v) is 3.94. The number of carbonyl (C=O) groups is 2. The molecular weight excluding hydrogens is 346 g/mol. The molecule has 1 aromatic carbocycles. The number of piperidine rings is 1. The zero-order valence-corrected chi connectivity index (χ0v) is 15.1. The highest BCUT2D eigenvalue weighted by atomic mass is 16.2. The normalized spacial score (nSPS) is 20.7. The molecule has 0 bridgehead atoms. The first-order valence-electron chi connectivity index (χ1n) is 9.39. The van der Waals surface area contributed by atoms with Gasteiger partial charge in [-0.2, -0.15) is 5.10 Å². The van der Waals surface area contributed by atoms with Crippen molar-refractivity contribution in [3.05, 3.63) is 52.2 Å². The molecule has 3 heterocycles. The number of amides is 2. The molecule has 1 aromatic heterocycles. The summed E-state index contributed by atoms with van der Waals surface area (Å²) in [5, 5.41) is 9.57. The van der Waals surface area contributed by atoms with Crippen molar-refractivity contribution in [2.24, 2.45) is 0 Å². The average molecular weight is 369 g/mol. The number of hydrogen-bond donors (Lipinski definition) is 2. The highest BCUT2D eigenvalue weighted by molar-refractivity contribution is 5.90. The summed E-state index contributed by atoms with van der Waals surface area (Å²) in [5.41, 5.74) is 0.841. The fraction of sp³-hybridized carbons (Fsp3) is 0.474. The summed E-state index contributed by atoms with van der Waals surface area (Å²) in [4.78, 5) is 37.9. The molecule has 2 saturated heterocycles. The standard InChI is InChI=1S/C19H23N5O3/c25-16-7-6-15(20-16)18(26)23-10-8-14(9-11-23)17-21-22-19(27)24(17)12-13-4-2-1-3-5-13/h1-5,14-15H,6-12H2,(H,20,25)(H,22,27)/t15-/m1/s1. The Balaban J connectivity index is 1.42. The molecule has 27 heavy (non-hydrogen) atoms. The summed E-state index contributed by atoms with van der Waals surface area (Å²) in [7, 11) is 0. The van der Waals surface area contributed by atoms with Crippen LogP contribution in [0.25, 0.3) is 0 Å². The largest absolute Gasteiger partial charge is 0.344 e. The van der Waals surface area contributed by atoms with Crippen molar-refractivity contribution in [1.29, 1.82) is 0 Å². The van der Waals surface area contributed by atoms with E-state index < -0.39 is 0 Å². The van der Waals surface area contributed by atoms with Gasteiger partial charge in [-0.1, -0.05) is 30.3 Å². The molecule has 2 aliphatic heterocycles. The van der Waals surface area contributed by atoms with E-state index in [2.05, 4.69) is 15.5 Å². The molecule has 2 N–H and O–H groups in total. The first-order chi connectivity index (χ1) is 13.1. The van der Waals surface area contributed by atoms with E-state index in [0.717, 1.165) is 24.2 Å². The van der Waals surface area contributed by atoms with E-state index >= 15 is 0 Å². The van der Waals surface area contributed by atoms with Gasteiger partial charge in [-0.3, -0.25) is 14.2 Å². The molecular formula is C19H23N5O3. The summed E-state index contributed by atoms with van der Waals surface area (Å²) >= 11 is 0. The second kappa shape index (κ2) is 7.38. The summed E-state index contributed by atoms with van der Waals surface area (Å²) < 4.78 is 1.69. The van der Waals surface area contributed by atoms with Crippen LogP contribution in [0, 0.1) is 0 Å². The number of carbonyl (C=O) groups excluding carboxylic acids is 2. The zero-order valence-electron chi connectivity index (χ0n) is 15.1. The van der Waals surface area contributed by atoms with Crippen LogP contribution < -0.4 is 11.0 Å². The second-order valence-electron chi connectivity index (χ2n) is 7.22. The first-order valence-corrected chi connectivity index (χ1v) is 9.39. The van der Waals surface area contributed by atoms with Crippen LogP contribution >= 0.6 is 0 Å². The predicted octanol–water partition coefficient (Wildman–Crippen LogP) is 0.604. The van der Waals surface area contributed by atoms with E-state index in [1.54, 1.807) is 4.57 Å². The van der Waals surface area contributed by atoms with Gasteiger partial charge in [-0.15, -0.1) is 0 Å². The monoisotopic (exact) mass is 369 g/mol. The lowest BCUT2D eigenvalue weighted by Gasteiger charge is -2.33. The lowest BCUT2D eigenvalue weighted by molar-refractivity contribution is -0.135. The fourth-order valence-electron chi connectivity index (χ4n) is 3.94. The van der Waals surface area contributed by atoms with Gasteiger partial charge in [0.1, 0.15) is 11.9 Å². The molecule has 4 rings (SSSR count). The van der Waals surface area contributed by atoms with Crippen LogP contribution in [0.2, 0.25) is 0 Å². The smallest absolute Gasteiger partial charge is 0.343 e. The number of benzene rings is 1. The van der Waals surface area contributed by atoms with Crippen LogP contribution in [0.3, 0.4) is 0 Å². The number of rotatable bonds is 4. The molecule has 2 fully saturated rings. The number of nitrogens with zero attached hydrogens (tertiary/aromatic N) is 3. The molecule has 0 aliphatic carbocycles. The third-order valence-electron chi connectivity index (χ3n) is 5.44. The minimum Gasteiger partial charge on any atom is -0.344 e. The Labute approximate surface area is 156 Å². The van der Waals surface area contributed by atoms with E-state index in [4.69, 9.17) is 0 Å². The number of likely N-dealkylation sites (tertiary alicyclic amines) is 1. The molecule has 8 heteroatoms. The van der Waals surface area contributed by atoms with Crippen molar-refractivity contribution < 1.29 is 9.59 Å². The molecule has 2 aliphatic rings. The molecule has 0 saturated carbocycles. The Hall–Kier alpha value is -2.90. The van der Waals surface area contributed by atoms with Crippen LogP contribution in [0.4, 0.5) is 0 Å². The van der Waals surface area contributed by atoms with Crippen LogP contribution in [-0.4, -0.2) is 50.6 Å². The summed E-state index contributed by atoms with van der Waals surface area (Å²) in [6.45, 7) is 1.71. The van der Waals surface area contributed by atoms with E-state index in [-0.39, 0.29) is 29.5 Å². The lowest BCUT2D eigenvalue weighted by atomic mass is 9.95. The predicted molar refractivity (Wildman–Crippen MR) is 98.1 cm³/mol. The van der Waals surface area contributed by atoms with Crippen molar-refractivity contribution in [3.63, 3.8) is 0 Å². The molecule has 2 aromatic rings. The lowest BCUT2D eigenvalue weighted by Crippen LogP contribution is -2.47. The van der Waals surface area contributed by atoms with Crippen LogP contribution in [0.15, 0.2) is 35.1 Å². The van der Waals surface area contributed by atoms with E-state index in [1.807, 2.05) is 35.2 Å². The maximum Gasteiger partial charge on any atom is 0.343 e. The molecule has 0 radical (unpaired) electrons. The van der Waals surface area contributed by atoms with Gasteiger partial charge >= 0.3 is 5.69 Å². The molecule has 8 nitrogen and oxygen atoms in total. The van der Waals surface area contributed by atoms with Gasteiger partial charge in [0.25, 0.3) is 0 Å².